The maximum Gasteiger partial charge on any atom is 0.237 e. The Balaban J connectivity index is 2.21. The molecule has 4 nitrogen and oxygen atoms in total. The molecule has 4 heteroatoms. The van der Waals surface area contributed by atoms with Gasteiger partial charge in [-0.1, -0.05) is 50.6 Å². The van der Waals surface area contributed by atoms with E-state index in [0.717, 1.165) is 24.3 Å². The number of benzene rings is 1. The Kier molecular flexibility index (Phi) is 4.68. The normalized spacial score (nSPS) is 14.3. The number of hydrogen-bond donors (Lipinski definition) is 1. The van der Waals surface area contributed by atoms with E-state index in [1.54, 1.807) is 0 Å². The third-order valence-electron chi connectivity index (χ3n) is 3.27. The van der Waals surface area contributed by atoms with Gasteiger partial charge >= 0.3 is 0 Å². The van der Waals surface area contributed by atoms with Crippen LogP contribution in [0.3, 0.4) is 0 Å². The van der Waals surface area contributed by atoms with Crippen LogP contribution in [0.15, 0.2) is 34.7 Å². The van der Waals surface area contributed by atoms with Gasteiger partial charge in [0, 0.05) is 5.92 Å². The van der Waals surface area contributed by atoms with Crippen molar-refractivity contribution in [3.63, 3.8) is 0 Å². The predicted molar refractivity (Wildman–Crippen MR) is 75.0 cm³/mol. The van der Waals surface area contributed by atoms with Crippen LogP contribution < -0.4 is 5.32 Å². The molecule has 0 bridgehead atoms. The van der Waals surface area contributed by atoms with Gasteiger partial charge in [0.2, 0.25) is 11.8 Å². The molecule has 2 rings (SSSR count). The van der Waals surface area contributed by atoms with E-state index in [0.29, 0.717) is 11.8 Å². The Labute approximate surface area is 114 Å². The molecule has 0 fully saturated rings. The lowest BCUT2D eigenvalue weighted by Crippen LogP contribution is -2.17. The summed E-state index contributed by atoms with van der Waals surface area (Å²) in [6.45, 7) is 4.28. The van der Waals surface area contributed by atoms with Crippen molar-refractivity contribution in [3.8, 4) is 0 Å². The summed E-state index contributed by atoms with van der Waals surface area (Å²) in [6, 6.07) is 10.1. The monoisotopic (exact) mass is 259 g/mol. The zero-order chi connectivity index (χ0) is 13.7. The Morgan fingerprint density at radius 1 is 1.16 bits per heavy atom. The van der Waals surface area contributed by atoms with Crippen molar-refractivity contribution >= 4 is 0 Å². The van der Waals surface area contributed by atoms with Crippen LogP contribution in [0.5, 0.6) is 0 Å². The second kappa shape index (κ2) is 6.48. The van der Waals surface area contributed by atoms with Gasteiger partial charge < -0.3 is 9.73 Å². The fourth-order valence-electron chi connectivity index (χ4n) is 2.20. The lowest BCUT2D eigenvalue weighted by molar-refractivity contribution is 0.390. The molecule has 19 heavy (non-hydrogen) atoms. The zero-order valence-electron chi connectivity index (χ0n) is 11.8. The number of nitrogens with zero attached hydrogens (tertiary/aromatic N) is 2. The molecule has 2 atom stereocenters. The summed E-state index contributed by atoms with van der Waals surface area (Å²) in [6.07, 6.45) is 2.18. The zero-order valence-corrected chi connectivity index (χ0v) is 11.8. The topological polar surface area (TPSA) is 51.0 Å². The summed E-state index contributed by atoms with van der Waals surface area (Å²) in [4.78, 5) is 0. The van der Waals surface area contributed by atoms with E-state index in [9.17, 15) is 0 Å². The van der Waals surface area contributed by atoms with Gasteiger partial charge in [0.1, 0.15) is 6.04 Å². The maximum absolute atomic E-state index is 5.82. The summed E-state index contributed by atoms with van der Waals surface area (Å²) in [7, 11) is 1.90. The molecule has 2 unspecified atom stereocenters. The second-order valence-corrected chi connectivity index (χ2v) is 4.80. The van der Waals surface area contributed by atoms with Gasteiger partial charge in [-0.2, -0.15) is 0 Å². The standard InChI is InChI=1S/C15H21N3O/c1-4-8-11(2)14-17-18-15(19-14)13(16-3)12-9-6-5-7-10-12/h5-7,9-11,13,16H,4,8H2,1-3H3. The lowest BCUT2D eigenvalue weighted by atomic mass is 10.1. The predicted octanol–water partition coefficient (Wildman–Crippen LogP) is 3.28. The van der Waals surface area contributed by atoms with E-state index in [4.69, 9.17) is 4.42 Å². The van der Waals surface area contributed by atoms with Crippen LogP contribution in [-0.2, 0) is 0 Å². The van der Waals surface area contributed by atoms with E-state index in [1.165, 1.54) is 0 Å². The summed E-state index contributed by atoms with van der Waals surface area (Å²) in [5.74, 6) is 1.68. The first kappa shape index (κ1) is 13.7. The first-order chi connectivity index (χ1) is 9.26. The van der Waals surface area contributed by atoms with Gasteiger partial charge in [-0.3, -0.25) is 0 Å². The molecule has 0 saturated heterocycles. The minimum absolute atomic E-state index is 0.0451. The molecule has 0 amide bonds. The van der Waals surface area contributed by atoms with E-state index in [1.807, 2.05) is 25.2 Å². The number of rotatable bonds is 6. The molecule has 1 N–H and O–H groups in total. The molecule has 1 aromatic carbocycles. The molecule has 0 aliphatic rings. The van der Waals surface area contributed by atoms with E-state index in [-0.39, 0.29) is 6.04 Å². The molecular weight excluding hydrogens is 238 g/mol. The smallest absolute Gasteiger partial charge is 0.237 e. The van der Waals surface area contributed by atoms with Crippen molar-refractivity contribution in [2.45, 2.75) is 38.6 Å². The highest BCUT2D eigenvalue weighted by atomic mass is 16.4. The fraction of sp³-hybridized carbons (Fsp3) is 0.467. The molecule has 0 aliphatic heterocycles. The molecule has 102 valence electrons. The van der Waals surface area contributed by atoms with Crippen molar-refractivity contribution in [1.29, 1.82) is 0 Å². The van der Waals surface area contributed by atoms with Crippen molar-refractivity contribution in [3.05, 3.63) is 47.7 Å². The van der Waals surface area contributed by atoms with Gasteiger partial charge in [-0.05, 0) is 19.0 Å². The van der Waals surface area contributed by atoms with Gasteiger partial charge in [-0.25, -0.2) is 0 Å². The van der Waals surface area contributed by atoms with Crippen molar-refractivity contribution in [2.75, 3.05) is 7.05 Å². The third kappa shape index (κ3) is 3.20. The highest BCUT2D eigenvalue weighted by Gasteiger charge is 2.20. The molecule has 0 radical (unpaired) electrons. The van der Waals surface area contributed by atoms with Crippen molar-refractivity contribution < 1.29 is 4.42 Å². The van der Waals surface area contributed by atoms with Crippen molar-refractivity contribution in [2.24, 2.45) is 0 Å². The molecule has 0 spiro atoms. The first-order valence-corrected chi connectivity index (χ1v) is 6.81. The number of hydrogen-bond acceptors (Lipinski definition) is 4. The second-order valence-electron chi connectivity index (χ2n) is 4.80. The van der Waals surface area contributed by atoms with Gasteiger partial charge in [0.25, 0.3) is 0 Å². The van der Waals surface area contributed by atoms with Gasteiger partial charge in [0.15, 0.2) is 0 Å². The van der Waals surface area contributed by atoms with Crippen LogP contribution in [0.25, 0.3) is 0 Å². The minimum Gasteiger partial charge on any atom is -0.423 e. The maximum atomic E-state index is 5.82. The average molecular weight is 259 g/mol. The third-order valence-corrected chi connectivity index (χ3v) is 3.27. The number of aromatic nitrogens is 2. The van der Waals surface area contributed by atoms with Crippen LogP contribution in [0.1, 0.15) is 56.0 Å². The Morgan fingerprint density at radius 2 is 1.84 bits per heavy atom. The van der Waals surface area contributed by atoms with Crippen LogP contribution in [0.4, 0.5) is 0 Å². The van der Waals surface area contributed by atoms with Gasteiger partial charge in [0.05, 0.1) is 0 Å². The van der Waals surface area contributed by atoms with Crippen LogP contribution in [-0.4, -0.2) is 17.2 Å². The molecule has 1 heterocycles. The highest BCUT2D eigenvalue weighted by molar-refractivity contribution is 5.23. The largest absolute Gasteiger partial charge is 0.423 e. The minimum atomic E-state index is -0.0451. The lowest BCUT2D eigenvalue weighted by Gasteiger charge is -2.12. The summed E-state index contributed by atoms with van der Waals surface area (Å²) in [5, 5.41) is 11.6. The molecule has 0 saturated carbocycles. The number of nitrogens with one attached hydrogen (secondary N) is 1. The Hall–Kier alpha value is -1.68. The van der Waals surface area contributed by atoms with Gasteiger partial charge in [-0.15, -0.1) is 10.2 Å². The Morgan fingerprint density at radius 3 is 2.47 bits per heavy atom. The fourth-order valence-corrected chi connectivity index (χ4v) is 2.20. The van der Waals surface area contributed by atoms with Crippen LogP contribution >= 0.6 is 0 Å². The van der Waals surface area contributed by atoms with Crippen molar-refractivity contribution in [1.82, 2.24) is 15.5 Å². The highest BCUT2D eigenvalue weighted by Crippen LogP contribution is 2.24. The Bertz CT molecular complexity index is 495. The molecule has 2 aromatic rings. The summed E-state index contributed by atoms with van der Waals surface area (Å²) >= 11 is 0. The average Bonchev–Trinajstić information content (AvgIpc) is 2.91. The SMILES string of the molecule is CCCC(C)c1nnc(C(NC)c2ccccc2)o1. The van der Waals surface area contributed by atoms with Crippen LogP contribution in [0.2, 0.25) is 0 Å². The van der Waals surface area contributed by atoms with E-state index < -0.39 is 0 Å². The van der Waals surface area contributed by atoms with E-state index >= 15 is 0 Å². The molecular formula is C15H21N3O. The van der Waals surface area contributed by atoms with E-state index in [2.05, 4.69) is 41.5 Å². The molecule has 1 aromatic heterocycles. The molecule has 0 aliphatic carbocycles. The summed E-state index contributed by atoms with van der Waals surface area (Å²) < 4.78 is 5.82. The first-order valence-electron chi connectivity index (χ1n) is 6.81. The van der Waals surface area contributed by atoms with Crippen LogP contribution in [0, 0.1) is 0 Å². The summed E-state index contributed by atoms with van der Waals surface area (Å²) in [5.41, 5.74) is 1.13. The quantitative estimate of drug-likeness (QED) is 0.865.